The molecule has 0 amide bonds. The molecule has 0 fully saturated rings. The predicted octanol–water partition coefficient (Wildman–Crippen LogP) is 10.3. The third-order valence-corrected chi connectivity index (χ3v) is 6.82. The van der Waals surface area contributed by atoms with E-state index in [1.54, 1.807) is 54.7 Å². The number of aryl methyl sites for hydroxylation is 2. The quantitative estimate of drug-likeness (QED) is 0.167. The first-order chi connectivity index (χ1) is 24.4. The van der Waals surface area contributed by atoms with E-state index < -0.39 is 25.5 Å². The van der Waals surface area contributed by atoms with Gasteiger partial charge in [-0.05, 0) is 77.3 Å². The number of hydrogen-bond donors (Lipinski definition) is 0. The summed E-state index contributed by atoms with van der Waals surface area (Å²) in [6.07, 6.45) is 1.51. The molecule has 4 aromatic heterocycles. The molecule has 7 aromatic rings. The van der Waals surface area contributed by atoms with Crippen molar-refractivity contribution in [3.8, 4) is 33.6 Å². The summed E-state index contributed by atoms with van der Waals surface area (Å²) >= 11 is 0. The van der Waals surface area contributed by atoms with E-state index in [0.717, 1.165) is 11.3 Å². The molecular formula is C40H35IrN3O-2. The van der Waals surface area contributed by atoms with Crippen LogP contribution < -0.4 is 0 Å². The van der Waals surface area contributed by atoms with Crippen LogP contribution in [0.2, 0.25) is 0 Å². The van der Waals surface area contributed by atoms with Gasteiger partial charge in [-0.1, -0.05) is 74.2 Å². The van der Waals surface area contributed by atoms with Crippen LogP contribution in [-0.2, 0) is 26.5 Å². The second kappa shape index (κ2) is 13.7. The fourth-order valence-corrected chi connectivity index (χ4v) is 4.88. The molecule has 0 N–H and O–H groups in total. The monoisotopic (exact) mass is 774 g/mol. The van der Waals surface area contributed by atoms with Gasteiger partial charge >= 0.3 is 0 Å². The topological polar surface area (TPSA) is 51.8 Å². The molecule has 3 aromatic carbocycles. The maximum atomic E-state index is 8.57. The van der Waals surface area contributed by atoms with Crippen molar-refractivity contribution in [2.24, 2.45) is 5.41 Å². The van der Waals surface area contributed by atoms with E-state index in [9.17, 15) is 0 Å². The maximum absolute atomic E-state index is 8.57. The molecule has 0 aliphatic carbocycles. The summed E-state index contributed by atoms with van der Waals surface area (Å²) in [5, 5.41) is 1.34. The molecule has 0 saturated carbocycles. The second-order valence-electron chi connectivity index (χ2n) is 11.3. The van der Waals surface area contributed by atoms with Gasteiger partial charge in [-0.15, -0.1) is 54.1 Å². The van der Waals surface area contributed by atoms with Crippen LogP contribution in [0.3, 0.4) is 0 Å². The van der Waals surface area contributed by atoms with Gasteiger partial charge in [0.25, 0.3) is 0 Å². The number of pyridine rings is 3. The smallest absolute Gasteiger partial charge is 0.216 e. The summed E-state index contributed by atoms with van der Waals surface area (Å²) in [5.41, 5.74) is 4.35. The van der Waals surface area contributed by atoms with Crippen LogP contribution in [0.25, 0.3) is 55.7 Å². The molecule has 0 atom stereocenters. The van der Waals surface area contributed by atoms with Crippen LogP contribution in [0.15, 0.2) is 114 Å². The van der Waals surface area contributed by atoms with Gasteiger partial charge in [0.05, 0.1) is 5.58 Å². The Bertz CT molecular complexity index is 2300. The Morgan fingerprint density at radius 3 is 2.38 bits per heavy atom. The summed E-state index contributed by atoms with van der Waals surface area (Å²) in [6.45, 7) is 0.669. The largest absolute Gasteiger partial charge is 0.486 e. The van der Waals surface area contributed by atoms with E-state index in [2.05, 4.69) is 27.1 Å². The molecule has 0 spiro atoms. The van der Waals surface area contributed by atoms with E-state index in [1.165, 1.54) is 12.3 Å². The van der Waals surface area contributed by atoms with Crippen molar-refractivity contribution < 1.29 is 35.5 Å². The fraction of sp³-hybridized carbons (Fsp3) is 0.175. The minimum Gasteiger partial charge on any atom is -0.486 e. The third kappa shape index (κ3) is 7.45. The molecule has 0 saturated heterocycles. The molecule has 0 aliphatic rings. The van der Waals surface area contributed by atoms with Crippen LogP contribution in [0.1, 0.15) is 48.6 Å². The van der Waals surface area contributed by atoms with Gasteiger partial charge in [-0.25, -0.2) is 4.98 Å². The van der Waals surface area contributed by atoms with Gasteiger partial charge in [-0.2, -0.15) is 0 Å². The van der Waals surface area contributed by atoms with Gasteiger partial charge in [0.2, 0.25) is 5.71 Å². The number of benzene rings is 3. The SMILES string of the molecule is [2H]C([2H])([2H])c1ccc2c(n1)oc1c(-c3cc(-c4ccc(C([2H])([2H])C(C)(C)C)cc4)c(C([2H])([2H])[2H])cn3)[c-]ccc12.[Ir].[c-]1ccccc1-c1ccccn1. The molecule has 1 radical (unpaired) electrons. The zero-order valence-electron chi connectivity index (χ0n) is 33.0. The minimum atomic E-state index is -2.44. The van der Waals surface area contributed by atoms with E-state index in [1.807, 2.05) is 63.2 Å². The zero-order chi connectivity index (χ0) is 37.5. The van der Waals surface area contributed by atoms with Gasteiger partial charge in [0.1, 0.15) is 0 Å². The van der Waals surface area contributed by atoms with Crippen LogP contribution in [0, 0.1) is 31.3 Å². The van der Waals surface area contributed by atoms with Crippen LogP contribution in [0.5, 0.6) is 0 Å². The Labute approximate surface area is 290 Å². The molecule has 0 unspecified atom stereocenters. The molecule has 0 aliphatic heterocycles. The molecule has 45 heavy (non-hydrogen) atoms. The molecule has 4 heterocycles. The Kier molecular flexibility index (Phi) is 6.99. The first-order valence-corrected chi connectivity index (χ1v) is 14.2. The summed E-state index contributed by atoms with van der Waals surface area (Å²) in [5.74, 6) is 0. The summed E-state index contributed by atoms with van der Waals surface area (Å²) in [4.78, 5) is 12.9. The molecule has 4 nitrogen and oxygen atoms in total. The van der Waals surface area contributed by atoms with Crippen molar-refractivity contribution in [1.29, 1.82) is 0 Å². The molecule has 5 heteroatoms. The van der Waals surface area contributed by atoms with Gasteiger partial charge in [0, 0.05) is 54.5 Å². The number of fused-ring (bicyclic) bond motifs is 3. The second-order valence-corrected chi connectivity index (χ2v) is 11.3. The van der Waals surface area contributed by atoms with Gasteiger partial charge in [0.15, 0.2) is 0 Å². The Morgan fingerprint density at radius 2 is 1.67 bits per heavy atom. The van der Waals surface area contributed by atoms with Crippen molar-refractivity contribution in [1.82, 2.24) is 15.0 Å². The molecule has 0 bridgehead atoms. The molecule has 227 valence electrons. The van der Waals surface area contributed by atoms with Crippen LogP contribution in [-0.4, -0.2) is 15.0 Å². The van der Waals surface area contributed by atoms with Crippen molar-refractivity contribution >= 4 is 22.1 Å². The van der Waals surface area contributed by atoms with E-state index in [0.29, 0.717) is 44.3 Å². The van der Waals surface area contributed by atoms with Gasteiger partial charge in [-0.3, -0.25) is 0 Å². The average molecular weight is 774 g/mol. The number of hydrogen-bond acceptors (Lipinski definition) is 4. The van der Waals surface area contributed by atoms with E-state index >= 15 is 0 Å². The normalized spacial score (nSPS) is 14.6. The standard InChI is InChI=1S/C29H27N2O.C11H8N.Ir/c1-18-17-30-26(15-25(18)21-12-10-20(11-13-21)16-29(3,4)5)24-8-6-7-22-23-14-9-19(2)31-28(23)32-27(22)24;1-2-6-10(7-3-1)11-8-4-5-9-12-11;/h6-7,9-15,17H,16H2,1-5H3;1-6,8-9H;/q2*-1;/i1D3,2D3,16D2;;. The Balaban J connectivity index is 0.000000352. The first-order valence-electron chi connectivity index (χ1n) is 18.2. The Morgan fingerprint density at radius 1 is 0.822 bits per heavy atom. The van der Waals surface area contributed by atoms with Crippen molar-refractivity contribution in [2.45, 2.75) is 40.8 Å². The third-order valence-electron chi connectivity index (χ3n) is 6.82. The number of nitrogens with zero attached hydrogens (tertiary/aromatic N) is 3. The van der Waals surface area contributed by atoms with Crippen molar-refractivity contribution in [3.05, 3.63) is 138 Å². The van der Waals surface area contributed by atoms with Crippen LogP contribution in [0.4, 0.5) is 0 Å². The summed E-state index contributed by atoms with van der Waals surface area (Å²) in [6, 6.07) is 35.0. The summed E-state index contributed by atoms with van der Waals surface area (Å²) < 4.78 is 70.4. The number of furan rings is 1. The van der Waals surface area contributed by atoms with Crippen LogP contribution >= 0.6 is 0 Å². The Hall–Kier alpha value is -4.44. The fourth-order valence-electron chi connectivity index (χ4n) is 4.88. The molecular weight excluding hydrogens is 731 g/mol. The summed E-state index contributed by atoms with van der Waals surface area (Å²) in [7, 11) is 0. The molecule has 7 rings (SSSR count). The maximum Gasteiger partial charge on any atom is 0.216 e. The number of aromatic nitrogens is 3. The van der Waals surface area contributed by atoms with Crippen molar-refractivity contribution in [3.63, 3.8) is 0 Å². The predicted molar refractivity (Wildman–Crippen MR) is 180 cm³/mol. The van der Waals surface area contributed by atoms with E-state index in [-0.39, 0.29) is 37.1 Å². The number of rotatable bonds is 4. The van der Waals surface area contributed by atoms with E-state index in [4.69, 9.17) is 15.4 Å². The zero-order valence-corrected chi connectivity index (χ0v) is 27.4. The van der Waals surface area contributed by atoms with Crippen molar-refractivity contribution in [2.75, 3.05) is 0 Å². The van der Waals surface area contributed by atoms with Gasteiger partial charge < -0.3 is 14.4 Å². The first kappa shape index (κ1) is 23.0. The minimum absolute atomic E-state index is 0. The average Bonchev–Trinajstić information content (AvgIpc) is 3.50.